The standard InChI is InChI=1S/C12H27N3O/c1-5-10(6-2)11(16)8-15-12(13)14-7-9(3)4/h9-11,16H,5-8H2,1-4H3,(H3,13,14,15). The fourth-order valence-corrected chi connectivity index (χ4v) is 1.55. The summed E-state index contributed by atoms with van der Waals surface area (Å²) in [5, 5.41) is 12.8. The van der Waals surface area contributed by atoms with E-state index in [0.29, 0.717) is 24.3 Å². The lowest BCUT2D eigenvalue weighted by Gasteiger charge is -2.20. The van der Waals surface area contributed by atoms with E-state index in [1.54, 1.807) is 0 Å². The van der Waals surface area contributed by atoms with E-state index in [9.17, 15) is 5.11 Å². The summed E-state index contributed by atoms with van der Waals surface area (Å²) < 4.78 is 0. The Morgan fingerprint density at radius 2 is 1.88 bits per heavy atom. The minimum Gasteiger partial charge on any atom is -0.391 e. The van der Waals surface area contributed by atoms with Gasteiger partial charge in [-0.2, -0.15) is 0 Å². The van der Waals surface area contributed by atoms with Gasteiger partial charge in [0, 0.05) is 13.1 Å². The molecule has 16 heavy (non-hydrogen) atoms. The summed E-state index contributed by atoms with van der Waals surface area (Å²) in [6.45, 7) is 9.58. The average Bonchev–Trinajstić information content (AvgIpc) is 2.25. The molecule has 0 aromatic carbocycles. The van der Waals surface area contributed by atoms with Crippen LogP contribution in [-0.2, 0) is 0 Å². The molecule has 0 amide bonds. The normalized spacial score (nSPS) is 14.6. The predicted octanol–water partition coefficient (Wildman–Crippen LogP) is 1.34. The summed E-state index contributed by atoms with van der Waals surface area (Å²) >= 11 is 0. The van der Waals surface area contributed by atoms with Crippen molar-refractivity contribution in [2.24, 2.45) is 22.6 Å². The molecule has 0 aromatic heterocycles. The zero-order chi connectivity index (χ0) is 12.6. The Labute approximate surface area is 99.3 Å². The maximum atomic E-state index is 9.86. The summed E-state index contributed by atoms with van der Waals surface area (Å²) in [5.41, 5.74) is 5.68. The number of hydrogen-bond donors (Lipinski definition) is 3. The van der Waals surface area contributed by atoms with E-state index in [1.807, 2.05) is 0 Å². The van der Waals surface area contributed by atoms with Crippen molar-refractivity contribution >= 4 is 5.96 Å². The van der Waals surface area contributed by atoms with Gasteiger partial charge in [0.15, 0.2) is 5.96 Å². The van der Waals surface area contributed by atoms with Gasteiger partial charge in [0.2, 0.25) is 0 Å². The first-order valence-corrected chi connectivity index (χ1v) is 6.23. The molecule has 1 unspecified atom stereocenters. The number of nitrogens with two attached hydrogens (primary N) is 1. The molecule has 0 aliphatic heterocycles. The van der Waals surface area contributed by atoms with Crippen LogP contribution in [0.25, 0.3) is 0 Å². The van der Waals surface area contributed by atoms with E-state index in [0.717, 1.165) is 19.4 Å². The maximum Gasteiger partial charge on any atom is 0.188 e. The van der Waals surface area contributed by atoms with Crippen LogP contribution in [-0.4, -0.2) is 30.3 Å². The second kappa shape index (κ2) is 8.39. The highest BCUT2D eigenvalue weighted by molar-refractivity contribution is 5.77. The first kappa shape index (κ1) is 15.2. The van der Waals surface area contributed by atoms with Crippen molar-refractivity contribution in [2.45, 2.75) is 46.6 Å². The van der Waals surface area contributed by atoms with E-state index >= 15 is 0 Å². The molecule has 4 nitrogen and oxygen atoms in total. The second-order valence-electron chi connectivity index (χ2n) is 4.64. The Morgan fingerprint density at radius 3 is 2.31 bits per heavy atom. The minimum atomic E-state index is -0.345. The number of hydrogen-bond acceptors (Lipinski definition) is 2. The molecule has 4 N–H and O–H groups in total. The Morgan fingerprint density at radius 1 is 1.31 bits per heavy atom. The molecule has 0 saturated heterocycles. The summed E-state index contributed by atoms with van der Waals surface area (Å²) in [4.78, 5) is 4.18. The van der Waals surface area contributed by atoms with Crippen molar-refractivity contribution in [1.82, 2.24) is 5.32 Å². The molecule has 0 aliphatic carbocycles. The Balaban J connectivity index is 3.90. The molecule has 1 atom stereocenters. The third kappa shape index (κ3) is 6.67. The van der Waals surface area contributed by atoms with Gasteiger partial charge in [-0.05, 0) is 11.8 Å². The minimum absolute atomic E-state index is 0.338. The first-order valence-electron chi connectivity index (χ1n) is 6.23. The number of nitrogens with one attached hydrogen (secondary N) is 1. The number of aliphatic hydroxyl groups excluding tert-OH is 1. The highest BCUT2D eigenvalue weighted by Crippen LogP contribution is 2.11. The van der Waals surface area contributed by atoms with Gasteiger partial charge < -0.3 is 16.2 Å². The third-order valence-corrected chi connectivity index (χ3v) is 2.71. The predicted molar refractivity (Wildman–Crippen MR) is 69.4 cm³/mol. The van der Waals surface area contributed by atoms with Crippen LogP contribution in [0.2, 0.25) is 0 Å². The Hall–Kier alpha value is -0.770. The molecule has 0 heterocycles. The highest BCUT2D eigenvalue weighted by Gasteiger charge is 2.14. The van der Waals surface area contributed by atoms with E-state index in [4.69, 9.17) is 5.73 Å². The first-order chi connectivity index (χ1) is 7.51. The van der Waals surface area contributed by atoms with Crippen molar-refractivity contribution in [3.8, 4) is 0 Å². The molecule has 0 spiro atoms. The van der Waals surface area contributed by atoms with Crippen LogP contribution in [0.3, 0.4) is 0 Å². The highest BCUT2D eigenvalue weighted by atomic mass is 16.3. The van der Waals surface area contributed by atoms with Gasteiger partial charge in [-0.1, -0.05) is 40.5 Å². The molecule has 0 radical (unpaired) electrons. The fraction of sp³-hybridized carbons (Fsp3) is 0.917. The van der Waals surface area contributed by atoms with Gasteiger partial charge in [-0.15, -0.1) is 0 Å². The van der Waals surface area contributed by atoms with Gasteiger partial charge in [-0.3, -0.25) is 4.99 Å². The van der Waals surface area contributed by atoms with Gasteiger partial charge in [0.05, 0.1) is 6.10 Å². The fourth-order valence-electron chi connectivity index (χ4n) is 1.55. The monoisotopic (exact) mass is 229 g/mol. The van der Waals surface area contributed by atoms with Gasteiger partial charge >= 0.3 is 0 Å². The van der Waals surface area contributed by atoms with Crippen molar-refractivity contribution < 1.29 is 5.11 Å². The van der Waals surface area contributed by atoms with Gasteiger partial charge in [0.25, 0.3) is 0 Å². The molecule has 0 bridgehead atoms. The SMILES string of the molecule is CCC(CC)C(O)CNC(N)=NCC(C)C. The third-order valence-electron chi connectivity index (χ3n) is 2.71. The van der Waals surface area contributed by atoms with E-state index < -0.39 is 0 Å². The lowest BCUT2D eigenvalue weighted by molar-refractivity contribution is 0.106. The van der Waals surface area contributed by atoms with Crippen LogP contribution >= 0.6 is 0 Å². The number of rotatable bonds is 7. The van der Waals surface area contributed by atoms with Crippen molar-refractivity contribution in [3.63, 3.8) is 0 Å². The topological polar surface area (TPSA) is 70.6 Å². The average molecular weight is 229 g/mol. The number of nitrogens with zero attached hydrogens (tertiary/aromatic N) is 1. The van der Waals surface area contributed by atoms with Crippen LogP contribution in [0.1, 0.15) is 40.5 Å². The Kier molecular flexibility index (Phi) is 7.99. The van der Waals surface area contributed by atoms with Crippen LogP contribution in [0.5, 0.6) is 0 Å². The molecule has 96 valence electrons. The van der Waals surface area contributed by atoms with Crippen LogP contribution in [0.15, 0.2) is 4.99 Å². The largest absolute Gasteiger partial charge is 0.391 e. The maximum absolute atomic E-state index is 9.86. The van der Waals surface area contributed by atoms with Crippen molar-refractivity contribution in [2.75, 3.05) is 13.1 Å². The van der Waals surface area contributed by atoms with E-state index in [2.05, 4.69) is 38.0 Å². The lowest BCUT2D eigenvalue weighted by atomic mass is 9.97. The Bertz CT molecular complexity index is 200. The molecule has 0 aromatic rings. The molecular weight excluding hydrogens is 202 g/mol. The lowest BCUT2D eigenvalue weighted by Crippen LogP contribution is -2.40. The smallest absolute Gasteiger partial charge is 0.188 e. The molecule has 0 saturated carbocycles. The van der Waals surface area contributed by atoms with Crippen LogP contribution in [0, 0.1) is 11.8 Å². The van der Waals surface area contributed by atoms with Crippen LogP contribution < -0.4 is 11.1 Å². The molecule has 0 aliphatic rings. The van der Waals surface area contributed by atoms with Crippen molar-refractivity contribution in [3.05, 3.63) is 0 Å². The number of aliphatic imine (C=N–C) groups is 1. The zero-order valence-corrected chi connectivity index (χ0v) is 11.0. The quantitative estimate of drug-likeness (QED) is 0.456. The zero-order valence-electron chi connectivity index (χ0n) is 11.0. The van der Waals surface area contributed by atoms with E-state index in [1.165, 1.54) is 0 Å². The molecule has 0 rings (SSSR count). The van der Waals surface area contributed by atoms with Gasteiger partial charge in [0.1, 0.15) is 0 Å². The number of aliphatic hydroxyl groups is 1. The van der Waals surface area contributed by atoms with Gasteiger partial charge in [-0.25, -0.2) is 0 Å². The second-order valence-corrected chi connectivity index (χ2v) is 4.64. The molecular formula is C12H27N3O. The summed E-state index contributed by atoms with van der Waals surface area (Å²) in [6, 6.07) is 0. The summed E-state index contributed by atoms with van der Waals surface area (Å²) in [7, 11) is 0. The molecule has 4 heteroatoms. The molecule has 0 fully saturated rings. The number of guanidine groups is 1. The van der Waals surface area contributed by atoms with Crippen LogP contribution in [0.4, 0.5) is 0 Å². The summed E-state index contributed by atoms with van der Waals surface area (Å²) in [5.74, 6) is 1.27. The van der Waals surface area contributed by atoms with Crippen molar-refractivity contribution in [1.29, 1.82) is 0 Å². The summed E-state index contributed by atoms with van der Waals surface area (Å²) in [6.07, 6.45) is 1.63. The van der Waals surface area contributed by atoms with E-state index in [-0.39, 0.29) is 6.10 Å².